The molecule has 0 radical (unpaired) electrons. The van der Waals surface area contributed by atoms with Crippen molar-refractivity contribution in [1.82, 2.24) is 0 Å². The van der Waals surface area contributed by atoms with Gasteiger partial charge in [0.05, 0.1) is 0 Å². The lowest BCUT2D eigenvalue weighted by Gasteiger charge is -2.24. The third kappa shape index (κ3) is 3.67. The van der Waals surface area contributed by atoms with Gasteiger partial charge in [0.15, 0.2) is 0 Å². The lowest BCUT2D eigenvalue weighted by atomic mass is 9.84. The van der Waals surface area contributed by atoms with E-state index in [-0.39, 0.29) is 6.04 Å². The van der Waals surface area contributed by atoms with Gasteiger partial charge in [-0.25, -0.2) is 0 Å². The van der Waals surface area contributed by atoms with Crippen LogP contribution in [0.25, 0.3) is 0 Å². The van der Waals surface area contributed by atoms with Crippen molar-refractivity contribution in [1.29, 1.82) is 0 Å². The van der Waals surface area contributed by atoms with Crippen molar-refractivity contribution in [2.45, 2.75) is 40.2 Å². The van der Waals surface area contributed by atoms with E-state index in [1.807, 2.05) is 0 Å². The summed E-state index contributed by atoms with van der Waals surface area (Å²) in [6.07, 6.45) is 1.09. The van der Waals surface area contributed by atoms with Crippen LogP contribution in [0.15, 0.2) is 24.3 Å². The quantitative estimate of drug-likeness (QED) is 0.803. The van der Waals surface area contributed by atoms with Crippen LogP contribution >= 0.6 is 0 Å². The summed E-state index contributed by atoms with van der Waals surface area (Å²) < 4.78 is 0. The predicted molar refractivity (Wildman–Crippen MR) is 66.9 cm³/mol. The highest BCUT2D eigenvalue weighted by Crippen LogP contribution is 2.20. The molecule has 1 nitrogen and oxygen atoms in total. The van der Waals surface area contributed by atoms with E-state index in [2.05, 4.69) is 52.0 Å². The summed E-state index contributed by atoms with van der Waals surface area (Å²) in [6.45, 7) is 8.73. The summed E-state index contributed by atoms with van der Waals surface area (Å²) in [6, 6.07) is 9.05. The van der Waals surface area contributed by atoms with Gasteiger partial charge in [0, 0.05) is 6.04 Å². The smallest absolute Gasteiger partial charge is 0.00443 e. The van der Waals surface area contributed by atoms with Crippen LogP contribution in [0.3, 0.4) is 0 Å². The Kier molecular flexibility index (Phi) is 4.34. The molecule has 1 aromatic carbocycles. The van der Waals surface area contributed by atoms with Crippen molar-refractivity contribution < 1.29 is 0 Å². The molecule has 0 aliphatic rings. The molecule has 1 aromatic rings. The SMILES string of the molecule is Cc1ccc(CC(C(C)C)C(C)N)cc1. The molecule has 1 rings (SSSR count). The first-order chi connectivity index (χ1) is 7.00. The highest BCUT2D eigenvalue weighted by Gasteiger charge is 2.17. The molecule has 0 fully saturated rings. The Hall–Kier alpha value is -0.820. The highest BCUT2D eigenvalue weighted by molar-refractivity contribution is 5.21. The molecule has 2 atom stereocenters. The van der Waals surface area contributed by atoms with Crippen LogP contribution in [-0.2, 0) is 6.42 Å². The lowest BCUT2D eigenvalue weighted by Crippen LogP contribution is -2.32. The molecule has 0 heterocycles. The Morgan fingerprint density at radius 3 is 2.00 bits per heavy atom. The average molecular weight is 205 g/mol. The van der Waals surface area contributed by atoms with Crippen molar-refractivity contribution in [2.75, 3.05) is 0 Å². The van der Waals surface area contributed by atoms with Gasteiger partial charge in [-0.2, -0.15) is 0 Å². The molecule has 0 aromatic heterocycles. The zero-order valence-corrected chi connectivity index (χ0v) is 10.3. The van der Waals surface area contributed by atoms with Gasteiger partial charge in [0.1, 0.15) is 0 Å². The molecule has 0 saturated carbocycles. The summed E-state index contributed by atoms with van der Waals surface area (Å²) >= 11 is 0. The fourth-order valence-electron chi connectivity index (χ4n) is 2.03. The minimum Gasteiger partial charge on any atom is -0.328 e. The lowest BCUT2D eigenvalue weighted by molar-refractivity contribution is 0.330. The molecule has 0 bridgehead atoms. The number of aryl methyl sites for hydroxylation is 1. The topological polar surface area (TPSA) is 26.0 Å². The first kappa shape index (κ1) is 12.3. The zero-order valence-electron chi connectivity index (χ0n) is 10.3. The second-order valence-electron chi connectivity index (χ2n) is 4.96. The van der Waals surface area contributed by atoms with Crippen LogP contribution in [0.4, 0.5) is 0 Å². The first-order valence-electron chi connectivity index (χ1n) is 5.82. The van der Waals surface area contributed by atoms with E-state index in [0.717, 1.165) is 6.42 Å². The van der Waals surface area contributed by atoms with Crippen LogP contribution in [0.2, 0.25) is 0 Å². The standard InChI is InChI=1S/C14H23N/c1-10(2)14(12(4)15)9-13-7-5-11(3)6-8-13/h5-8,10,12,14H,9,15H2,1-4H3. The molecule has 15 heavy (non-hydrogen) atoms. The van der Waals surface area contributed by atoms with Gasteiger partial charge in [0.2, 0.25) is 0 Å². The Labute approximate surface area is 93.7 Å². The van der Waals surface area contributed by atoms with E-state index in [1.165, 1.54) is 11.1 Å². The van der Waals surface area contributed by atoms with Crippen molar-refractivity contribution >= 4 is 0 Å². The second-order valence-corrected chi connectivity index (χ2v) is 4.96. The fourth-order valence-corrected chi connectivity index (χ4v) is 2.03. The van der Waals surface area contributed by atoms with Gasteiger partial charge < -0.3 is 5.73 Å². The third-order valence-corrected chi connectivity index (χ3v) is 3.12. The fraction of sp³-hybridized carbons (Fsp3) is 0.571. The molecule has 0 aliphatic carbocycles. The molecule has 0 spiro atoms. The Bertz CT molecular complexity index is 277. The van der Waals surface area contributed by atoms with Crippen molar-refractivity contribution in [3.05, 3.63) is 35.4 Å². The molecule has 2 unspecified atom stereocenters. The zero-order chi connectivity index (χ0) is 11.4. The van der Waals surface area contributed by atoms with E-state index in [4.69, 9.17) is 5.73 Å². The van der Waals surface area contributed by atoms with Crippen molar-refractivity contribution in [3.8, 4) is 0 Å². The molecule has 0 saturated heterocycles. The van der Waals surface area contributed by atoms with E-state index in [0.29, 0.717) is 11.8 Å². The molecule has 0 amide bonds. The maximum Gasteiger partial charge on any atom is 0.00443 e. The Balaban J connectivity index is 2.70. The summed E-state index contributed by atoms with van der Waals surface area (Å²) in [5.41, 5.74) is 8.73. The normalized spacial score (nSPS) is 15.3. The molecular weight excluding hydrogens is 182 g/mol. The van der Waals surface area contributed by atoms with Gasteiger partial charge in [-0.15, -0.1) is 0 Å². The van der Waals surface area contributed by atoms with Gasteiger partial charge >= 0.3 is 0 Å². The van der Waals surface area contributed by atoms with Gasteiger partial charge in [0.25, 0.3) is 0 Å². The minimum absolute atomic E-state index is 0.270. The van der Waals surface area contributed by atoms with Crippen LogP contribution in [-0.4, -0.2) is 6.04 Å². The minimum atomic E-state index is 0.270. The van der Waals surface area contributed by atoms with Crippen molar-refractivity contribution in [3.63, 3.8) is 0 Å². The van der Waals surface area contributed by atoms with Crippen LogP contribution < -0.4 is 5.73 Å². The predicted octanol–water partition coefficient (Wildman–Crippen LogP) is 3.16. The molecule has 84 valence electrons. The number of rotatable bonds is 4. The Morgan fingerprint density at radius 2 is 1.60 bits per heavy atom. The molecule has 0 aliphatic heterocycles. The third-order valence-electron chi connectivity index (χ3n) is 3.12. The van der Waals surface area contributed by atoms with E-state index < -0.39 is 0 Å². The molecular formula is C14H23N. The summed E-state index contributed by atoms with van der Waals surface area (Å²) in [5.74, 6) is 1.22. The number of hydrogen-bond donors (Lipinski definition) is 1. The average Bonchev–Trinajstić information content (AvgIpc) is 2.15. The van der Waals surface area contributed by atoms with E-state index in [1.54, 1.807) is 0 Å². The second kappa shape index (κ2) is 5.32. The molecule has 1 heteroatoms. The number of nitrogens with two attached hydrogens (primary N) is 1. The van der Waals surface area contributed by atoms with E-state index in [9.17, 15) is 0 Å². The summed E-state index contributed by atoms with van der Waals surface area (Å²) in [5, 5.41) is 0. The highest BCUT2D eigenvalue weighted by atomic mass is 14.6. The van der Waals surface area contributed by atoms with Crippen LogP contribution in [0.1, 0.15) is 31.9 Å². The summed E-state index contributed by atoms with van der Waals surface area (Å²) in [7, 11) is 0. The first-order valence-corrected chi connectivity index (χ1v) is 5.82. The largest absolute Gasteiger partial charge is 0.328 e. The maximum absolute atomic E-state index is 6.02. The maximum atomic E-state index is 6.02. The summed E-state index contributed by atoms with van der Waals surface area (Å²) in [4.78, 5) is 0. The Morgan fingerprint density at radius 1 is 1.07 bits per heavy atom. The molecule has 2 N–H and O–H groups in total. The van der Waals surface area contributed by atoms with Crippen molar-refractivity contribution in [2.24, 2.45) is 17.6 Å². The van der Waals surface area contributed by atoms with Crippen LogP contribution in [0, 0.1) is 18.8 Å². The van der Waals surface area contributed by atoms with Gasteiger partial charge in [-0.1, -0.05) is 43.7 Å². The van der Waals surface area contributed by atoms with Crippen LogP contribution in [0.5, 0.6) is 0 Å². The van der Waals surface area contributed by atoms with Gasteiger partial charge in [-0.05, 0) is 37.7 Å². The number of benzene rings is 1. The van der Waals surface area contributed by atoms with Gasteiger partial charge in [-0.3, -0.25) is 0 Å². The van der Waals surface area contributed by atoms with E-state index >= 15 is 0 Å². The monoisotopic (exact) mass is 205 g/mol. The number of hydrogen-bond acceptors (Lipinski definition) is 1.